The van der Waals surface area contributed by atoms with Crippen molar-refractivity contribution >= 4 is 33.1 Å². The third-order valence-corrected chi connectivity index (χ3v) is 5.42. The number of benzene rings is 3. The van der Waals surface area contributed by atoms with E-state index in [4.69, 9.17) is 9.47 Å². The number of fused-ring (bicyclic) bond motifs is 1. The lowest BCUT2D eigenvalue weighted by molar-refractivity contribution is -0.115. The molecule has 1 amide bonds. The van der Waals surface area contributed by atoms with E-state index in [-0.39, 0.29) is 5.91 Å². The number of amides is 1. The molecule has 0 unspecified atom stereocenters. The molecule has 29 heavy (non-hydrogen) atoms. The van der Waals surface area contributed by atoms with Crippen molar-refractivity contribution < 1.29 is 14.3 Å². The Bertz CT molecular complexity index is 1160. The lowest BCUT2D eigenvalue weighted by atomic mass is 10.0. The van der Waals surface area contributed by atoms with E-state index < -0.39 is 0 Å². The number of hydrogen-bond donors (Lipinski definition) is 1. The van der Waals surface area contributed by atoms with Crippen molar-refractivity contribution in [1.82, 2.24) is 4.98 Å². The van der Waals surface area contributed by atoms with Gasteiger partial charge in [0, 0.05) is 17.0 Å². The van der Waals surface area contributed by atoms with Gasteiger partial charge in [-0.05, 0) is 28.5 Å². The number of hydrogen-bond acceptors (Lipinski definition) is 5. The molecule has 1 heterocycles. The highest BCUT2D eigenvalue weighted by atomic mass is 32.1. The van der Waals surface area contributed by atoms with Crippen LogP contribution in [0.2, 0.25) is 0 Å². The smallest absolute Gasteiger partial charge is 0.230 e. The maximum absolute atomic E-state index is 12.6. The van der Waals surface area contributed by atoms with E-state index >= 15 is 0 Å². The maximum Gasteiger partial charge on any atom is 0.230 e. The van der Waals surface area contributed by atoms with E-state index in [1.54, 1.807) is 14.2 Å². The van der Waals surface area contributed by atoms with E-state index in [1.807, 2.05) is 66.0 Å². The highest BCUT2D eigenvalue weighted by Gasteiger charge is 2.13. The summed E-state index contributed by atoms with van der Waals surface area (Å²) in [6.07, 6.45) is 0.294. The molecular weight excluding hydrogens is 384 g/mol. The van der Waals surface area contributed by atoms with Crippen LogP contribution in [0, 0.1) is 0 Å². The Kier molecular flexibility index (Phi) is 5.44. The second-order valence-corrected chi connectivity index (χ2v) is 7.33. The summed E-state index contributed by atoms with van der Waals surface area (Å²) in [5, 5.41) is 7.58. The molecule has 1 aromatic heterocycles. The standard InChI is InChI=1S/C23H20N2O3S/c1-27-17-10-11-19(21(13-17)28-2)20-14-29-23(24-20)25-22(26)12-16-8-5-7-15-6-3-4-9-18(15)16/h3-11,13-14H,12H2,1-2H3,(H,24,25,26). The summed E-state index contributed by atoms with van der Waals surface area (Å²) in [6.45, 7) is 0. The molecule has 6 heteroatoms. The number of nitrogens with zero attached hydrogens (tertiary/aromatic N) is 1. The quantitative estimate of drug-likeness (QED) is 0.482. The Labute approximate surface area is 172 Å². The number of methoxy groups -OCH3 is 2. The van der Waals surface area contributed by atoms with Gasteiger partial charge in [-0.25, -0.2) is 4.98 Å². The zero-order chi connectivity index (χ0) is 20.2. The van der Waals surface area contributed by atoms with Crippen molar-refractivity contribution in [1.29, 1.82) is 0 Å². The van der Waals surface area contributed by atoms with Gasteiger partial charge in [0.2, 0.25) is 5.91 Å². The van der Waals surface area contributed by atoms with Crippen LogP contribution in [0.25, 0.3) is 22.0 Å². The first-order chi connectivity index (χ1) is 14.2. The third-order valence-electron chi connectivity index (χ3n) is 4.67. The Morgan fingerprint density at radius 2 is 1.86 bits per heavy atom. The Morgan fingerprint density at radius 3 is 2.69 bits per heavy atom. The van der Waals surface area contributed by atoms with Crippen molar-refractivity contribution in [2.45, 2.75) is 6.42 Å². The zero-order valence-electron chi connectivity index (χ0n) is 16.1. The molecule has 5 nitrogen and oxygen atoms in total. The van der Waals surface area contributed by atoms with Gasteiger partial charge < -0.3 is 14.8 Å². The second kappa shape index (κ2) is 8.32. The molecule has 0 radical (unpaired) electrons. The molecule has 4 rings (SSSR count). The Balaban J connectivity index is 1.51. The van der Waals surface area contributed by atoms with Crippen molar-refractivity contribution in [3.63, 3.8) is 0 Å². The number of rotatable bonds is 6. The minimum atomic E-state index is -0.0936. The molecule has 1 N–H and O–H groups in total. The van der Waals surface area contributed by atoms with Crippen LogP contribution in [0.1, 0.15) is 5.56 Å². The first kappa shape index (κ1) is 19.0. The first-order valence-electron chi connectivity index (χ1n) is 9.12. The monoisotopic (exact) mass is 404 g/mol. The van der Waals surface area contributed by atoms with Gasteiger partial charge in [0.05, 0.1) is 26.3 Å². The number of anilines is 1. The van der Waals surface area contributed by atoms with Gasteiger partial charge in [0.25, 0.3) is 0 Å². The molecule has 0 fully saturated rings. The number of carbonyl (C=O) groups is 1. The first-order valence-corrected chi connectivity index (χ1v) is 10.0. The van der Waals surface area contributed by atoms with Crippen LogP contribution >= 0.6 is 11.3 Å². The van der Waals surface area contributed by atoms with Gasteiger partial charge in [-0.3, -0.25) is 4.79 Å². The van der Waals surface area contributed by atoms with Crippen molar-refractivity contribution in [3.05, 3.63) is 71.6 Å². The second-order valence-electron chi connectivity index (χ2n) is 6.47. The van der Waals surface area contributed by atoms with Crippen molar-refractivity contribution in [2.75, 3.05) is 19.5 Å². The van der Waals surface area contributed by atoms with E-state index in [2.05, 4.69) is 10.3 Å². The SMILES string of the molecule is COc1ccc(-c2csc(NC(=O)Cc3cccc4ccccc34)n2)c(OC)c1. The summed E-state index contributed by atoms with van der Waals surface area (Å²) in [5.74, 6) is 1.29. The zero-order valence-corrected chi connectivity index (χ0v) is 17.0. The van der Waals surface area contributed by atoms with Gasteiger partial charge in [-0.15, -0.1) is 11.3 Å². The maximum atomic E-state index is 12.6. The van der Waals surface area contributed by atoms with Crippen LogP contribution in [0.4, 0.5) is 5.13 Å². The van der Waals surface area contributed by atoms with Gasteiger partial charge in [0.1, 0.15) is 11.5 Å². The molecule has 0 aliphatic rings. The molecule has 0 aliphatic carbocycles. The predicted octanol–water partition coefficient (Wildman–Crippen LogP) is 5.16. The molecule has 0 saturated heterocycles. The van der Waals surface area contributed by atoms with E-state index in [0.717, 1.165) is 27.6 Å². The number of nitrogens with one attached hydrogen (secondary N) is 1. The molecule has 0 atom stereocenters. The third kappa shape index (κ3) is 4.07. The summed E-state index contributed by atoms with van der Waals surface area (Å²) in [4.78, 5) is 17.1. The molecule has 146 valence electrons. The molecule has 0 saturated carbocycles. The average Bonchev–Trinajstić information content (AvgIpc) is 3.21. The summed E-state index contributed by atoms with van der Waals surface area (Å²) >= 11 is 1.39. The normalized spacial score (nSPS) is 10.7. The van der Waals surface area contributed by atoms with Gasteiger partial charge in [0.15, 0.2) is 5.13 Å². The molecule has 0 spiro atoms. The van der Waals surface area contributed by atoms with Gasteiger partial charge in [-0.1, -0.05) is 42.5 Å². The van der Waals surface area contributed by atoms with Gasteiger partial charge in [-0.2, -0.15) is 0 Å². The van der Waals surface area contributed by atoms with Crippen molar-refractivity contribution in [2.24, 2.45) is 0 Å². The topological polar surface area (TPSA) is 60.5 Å². The predicted molar refractivity (Wildman–Crippen MR) is 117 cm³/mol. The Morgan fingerprint density at radius 1 is 1.03 bits per heavy atom. The van der Waals surface area contributed by atoms with Crippen LogP contribution < -0.4 is 14.8 Å². The fourth-order valence-electron chi connectivity index (χ4n) is 3.25. The molecule has 3 aromatic carbocycles. The molecule has 4 aromatic rings. The lowest BCUT2D eigenvalue weighted by Gasteiger charge is -2.08. The van der Waals surface area contributed by atoms with Crippen LogP contribution in [0.5, 0.6) is 11.5 Å². The highest BCUT2D eigenvalue weighted by Crippen LogP contribution is 2.34. The number of ether oxygens (including phenoxy) is 2. The van der Waals surface area contributed by atoms with E-state index in [1.165, 1.54) is 11.3 Å². The van der Waals surface area contributed by atoms with Crippen LogP contribution in [-0.4, -0.2) is 25.1 Å². The van der Waals surface area contributed by atoms with Crippen LogP contribution in [-0.2, 0) is 11.2 Å². The Hall–Kier alpha value is -3.38. The molecule has 0 bridgehead atoms. The van der Waals surface area contributed by atoms with E-state index in [9.17, 15) is 4.79 Å². The minimum absolute atomic E-state index is 0.0936. The molecular formula is C23H20N2O3S. The highest BCUT2D eigenvalue weighted by molar-refractivity contribution is 7.14. The van der Waals surface area contributed by atoms with Gasteiger partial charge >= 0.3 is 0 Å². The average molecular weight is 404 g/mol. The van der Waals surface area contributed by atoms with Crippen LogP contribution in [0.15, 0.2) is 66.0 Å². The lowest BCUT2D eigenvalue weighted by Crippen LogP contribution is -2.14. The minimum Gasteiger partial charge on any atom is -0.497 e. The van der Waals surface area contributed by atoms with Crippen LogP contribution in [0.3, 0.4) is 0 Å². The fourth-order valence-corrected chi connectivity index (χ4v) is 3.97. The largest absolute Gasteiger partial charge is 0.497 e. The number of thiazole rings is 1. The summed E-state index contributed by atoms with van der Waals surface area (Å²) in [7, 11) is 3.22. The number of carbonyl (C=O) groups excluding carboxylic acids is 1. The summed E-state index contributed by atoms with van der Waals surface area (Å²) in [5.41, 5.74) is 2.59. The summed E-state index contributed by atoms with van der Waals surface area (Å²) < 4.78 is 10.7. The van der Waals surface area contributed by atoms with E-state index in [0.29, 0.717) is 23.1 Å². The fraction of sp³-hybridized carbons (Fsp3) is 0.130. The summed E-state index contributed by atoms with van der Waals surface area (Å²) in [6, 6.07) is 19.6. The number of aromatic nitrogens is 1. The van der Waals surface area contributed by atoms with Crippen molar-refractivity contribution in [3.8, 4) is 22.8 Å². The molecule has 0 aliphatic heterocycles.